The van der Waals surface area contributed by atoms with Gasteiger partial charge < -0.3 is 14.9 Å². The van der Waals surface area contributed by atoms with Gasteiger partial charge in [0, 0.05) is 7.05 Å². The second kappa shape index (κ2) is 7.90. The van der Waals surface area contributed by atoms with Crippen LogP contribution in [0.4, 0.5) is 0 Å². The molecule has 0 aliphatic heterocycles. The molecule has 26 heavy (non-hydrogen) atoms. The Morgan fingerprint density at radius 2 is 2.12 bits per heavy atom. The number of amides is 1. The molecule has 0 saturated heterocycles. The number of benzene rings is 1. The predicted molar refractivity (Wildman–Crippen MR) is 103 cm³/mol. The van der Waals surface area contributed by atoms with Crippen molar-refractivity contribution in [2.24, 2.45) is 13.0 Å². The van der Waals surface area contributed by atoms with Crippen LogP contribution in [-0.4, -0.2) is 35.9 Å². The number of rotatable bonds is 7. The lowest BCUT2D eigenvalue weighted by atomic mass is 9.98. The highest BCUT2D eigenvalue weighted by atomic mass is 32.2. The van der Waals surface area contributed by atoms with Crippen LogP contribution in [0.25, 0.3) is 11.0 Å². The maximum atomic E-state index is 12.8. The SMILES string of the molecule is CC[C@H](C)[C@@H](NC(=O)[C@@H](C)Sc1nncn1C)c1nc2ccccc2[nH]1. The fourth-order valence-corrected chi connectivity index (χ4v) is 3.50. The molecule has 0 bridgehead atoms. The Morgan fingerprint density at radius 1 is 1.35 bits per heavy atom. The number of para-hydroxylation sites is 2. The molecule has 0 aliphatic rings. The van der Waals surface area contributed by atoms with Crippen molar-refractivity contribution in [3.8, 4) is 0 Å². The van der Waals surface area contributed by atoms with E-state index >= 15 is 0 Å². The van der Waals surface area contributed by atoms with Crippen molar-refractivity contribution in [1.29, 1.82) is 0 Å². The molecule has 0 saturated carbocycles. The van der Waals surface area contributed by atoms with Gasteiger partial charge in [-0.3, -0.25) is 4.79 Å². The maximum absolute atomic E-state index is 12.8. The van der Waals surface area contributed by atoms with Crippen molar-refractivity contribution in [3.05, 3.63) is 36.4 Å². The van der Waals surface area contributed by atoms with Crippen molar-refractivity contribution < 1.29 is 4.79 Å². The van der Waals surface area contributed by atoms with Gasteiger partial charge in [-0.2, -0.15) is 0 Å². The Labute approximate surface area is 157 Å². The summed E-state index contributed by atoms with van der Waals surface area (Å²) in [6.07, 6.45) is 2.57. The number of hydrogen-bond acceptors (Lipinski definition) is 5. The average molecular weight is 372 g/mol. The van der Waals surface area contributed by atoms with Crippen LogP contribution in [0, 0.1) is 5.92 Å². The Hall–Kier alpha value is -2.35. The molecule has 1 aromatic carbocycles. The summed E-state index contributed by atoms with van der Waals surface area (Å²) in [7, 11) is 1.86. The molecule has 3 atom stereocenters. The van der Waals surface area contributed by atoms with Crippen LogP contribution >= 0.6 is 11.8 Å². The molecule has 2 aromatic heterocycles. The quantitative estimate of drug-likeness (QED) is 0.622. The molecule has 2 heterocycles. The second-order valence-corrected chi connectivity index (χ2v) is 7.80. The van der Waals surface area contributed by atoms with Gasteiger partial charge in [0.2, 0.25) is 5.91 Å². The van der Waals surface area contributed by atoms with E-state index in [1.807, 2.05) is 38.2 Å². The zero-order valence-electron chi connectivity index (χ0n) is 15.4. The van der Waals surface area contributed by atoms with Gasteiger partial charge in [0.05, 0.1) is 22.3 Å². The minimum Gasteiger partial charge on any atom is -0.345 e. The molecule has 2 N–H and O–H groups in total. The van der Waals surface area contributed by atoms with Crippen LogP contribution in [0.15, 0.2) is 35.7 Å². The van der Waals surface area contributed by atoms with E-state index in [1.165, 1.54) is 11.8 Å². The molecular weight excluding hydrogens is 348 g/mol. The van der Waals surface area contributed by atoms with Gasteiger partial charge >= 0.3 is 0 Å². The van der Waals surface area contributed by atoms with Crippen molar-refractivity contribution in [3.63, 3.8) is 0 Å². The number of imidazole rings is 1. The number of nitrogens with zero attached hydrogens (tertiary/aromatic N) is 4. The van der Waals surface area contributed by atoms with Gasteiger partial charge in [0.25, 0.3) is 0 Å². The third-order valence-electron chi connectivity index (χ3n) is 4.53. The fraction of sp³-hybridized carbons (Fsp3) is 0.444. The van der Waals surface area contributed by atoms with Crippen molar-refractivity contribution in [2.45, 2.75) is 43.6 Å². The van der Waals surface area contributed by atoms with Crippen LogP contribution in [-0.2, 0) is 11.8 Å². The number of H-pyrrole nitrogens is 1. The summed E-state index contributed by atoms with van der Waals surface area (Å²) in [6.45, 7) is 6.11. The summed E-state index contributed by atoms with van der Waals surface area (Å²) in [4.78, 5) is 20.8. The summed E-state index contributed by atoms with van der Waals surface area (Å²) in [6, 6.07) is 7.73. The molecule has 0 radical (unpaired) electrons. The summed E-state index contributed by atoms with van der Waals surface area (Å²) in [5.74, 6) is 1.01. The number of carbonyl (C=O) groups is 1. The Morgan fingerprint density at radius 3 is 2.77 bits per heavy atom. The molecule has 138 valence electrons. The first-order valence-corrected chi connectivity index (χ1v) is 9.63. The summed E-state index contributed by atoms with van der Waals surface area (Å²) < 4.78 is 1.81. The zero-order chi connectivity index (χ0) is 18.7. The van der Waals surface area contributed by atoms with E-state index in [2.05, 4.69) is 39.3 Å². The summed E-state index contributed by atoms with van der Waals surface area (Å²) in [5, 5.41) is 11.5. The van der Waals surface area contributed by atoms with E-state index in [1.54, 1.807) is 10.9 Å². The molecule has 3 rings (SSSR count). The van der Waals surface area contributed by atoms with E-state index in [0.717, 1.165) is 28.4 Å². The molecule has 0 aliphatic carbocycles. The van der Waals surface area contributed by atoms with E-state index in [9.17, 15) is 4.79 Å². The molecular formula is C18H24N6OS. The van der Waals surface area contributed by atoms with Crippen LogP contribution in [0.1, 0.15) is 39.1 Å². The van der Waals surface area contributed by atoms with Gasteiger partial charge in [-0.1, -0.05) is 44.2 Å². The first-order valence-electron chi connectivity index (χ1n) is 8.75. The predicted octanol–water partition coefficient (Wildman–Crippen LogP) is 3.08. The minimum atomic E-state index is -0.283. The third kappa shape index (κ3) is 3.90. The van der Waals surface area contributed by atoms with Crippen LogP contribution in [0.3, 0.4) is 0 Å². The third-order valence-corrected chi connectivity index (χ3v) is 5.68. The second-order valence-electron chi connectivity index (χ2n) is 6.50. The number of aromatic nitrogens is 5. The Balaban J connectivity index is 1.77. The van der Waals surface area contributed by atoms with Crippen LogP contribution in [0.2, 0.25) is 0 Å². The molecule has 3 aromatic rings. The topological polar surface area (TPSA) is 88.5 Å². The number of thioether (sulfide) groups is 1. The molecule has 7 nitrogen and oxygen atoms in total. The summed E-state index contributed by atoms with van der Waals surface area (Å²) in [5.41, 5.74) is 1.89. The molecule has 0 fully saturated rings. The lowest BCUT2D eigenvalue weighted by molar-refractivity contribution is -0.121. The first kappa shape index (κ1) is 18.4. The molecule has 0 unspecified atom stereocenters. The monoisotopic (exact) mass is 372 g/mol. The Kier molecular flexibility index (Phi) is 5.61. The average Bonchev–Trinajstić information content (AvgIpc) is 3.24. The van der Waals surface area contributed by atoms with Gasteiger partial charge in [-0.25, -0.2) is 4.98 Å². The highest BCUT2D eigenvalue weighted by Gasteiger charge is 2.26. The number of fused-ring (bicyclic) bond motifs is 1. The lowest BCUT2D eigenvalue weighted by Gasteiger charge is -2.24. The highest BCUT2D eigenvalue weighted by molar-refractivity contribution is 8.00. The number of aryl methyl sites for hydroxylation is 1. The maximum Gasteiger partial charge on any atom is 0.233 e. The number of carbonyl (C=O) groups excluding carboxylic acids is 1. The number of hydrogen-bond donors (Lipinski definition) is 2. The number of nitrogens with one attached hydrogen (secondary N) is 2. The van der Waals surface area contributed by atoms with Crippen LogP contribution in [0.5, 0.6) is 0 Å². The normalized spacial score (nSPS) is 14.9. The lowest BCUT2D eigenvalue weighted by Crippen LogP contribution is -2.37. The van der Waals surface area contributed by atoms with E-state index in [4.69, 9.17) is 0 Å². The standard InChI is InChI=1S/C18H24N6OS/c1-5-11(2)15(16-20-13-8-6-7-9-14(13)21-16)22-17(25)12(3)26-18-23-19-10-24(18)4/h6-12,15H,5H2,1-4H3,(H,20,21)(H,22,25)/t11-,12+,15+/m0/s1. The van der Waals surface area contributed by atoms with Crippen molar-refractivity contribution in [2.75, 3.05) is 0 Å². The smallest absolute Gasteiger partial charge is 0.233 e. The van der Waals surface area contributed by atoms with Gasteiger partial charge in [-0.15, -0.1) is 10.2 Å². The van der Waals surface area contributed by atoms with Gasteiger partial charge in [0.15, 0.2) is 5.16 Å². The van der Waals surface area contributed by atoms with Gasteiger partial charge in [-0.05, 0) is 25.0 Å². The zero-order valence-corrected chi connectivity index (χ0v) is 16.2. The molecule has 1 amide bonds. The first-order chi connectivity index (χ1) is 12.5. The van der Waals surface area contributed by atoms with Crippen LogP contribution < -0.4 is 5.32 Å². The molecule has 0 spiro atoms. The Bertz CT molecular complexity index is 856. The fourth-order valence-electron chi connectivity index (χ4n) is 2.70. The van der Waals surface area contributed by atoms with E-state index < -0.39 is 0 Å². The summed E-state index contributed by atoms with van der Waals surface area (Å²) >= 11 is 1.39. The number of aromatic amines is 1. The van der Waals surface area contributed by atoms with E-state index in [-0.39, 0.29) is 23.1 Å². The largest absolute Gasteiger partial charge is 0.345 e. The van der Waals surface area contributed by atoms with Crippen molar-refractivity contribution >= 4 is 28.7 Å². The van der Waals surface area contributed by atoms with Crippen molar-refractivity contribution in [1.82, 2.24) is 30.0 Å². The minimum absolute atomic E-state index is 0.0382. The molecule has 8 heteroatoms. The highest BCUT2D eigenvalue weighted by Crippen LogP contribution is 2.26. The van der Waals surface area contributed by atoms with Gasteiger partial charge in [0.1, 0.15) is 12.2 Å². The van der Waals surface area contributed by atoms with E-state index in [0.29, 0.717) is 0 Å².